The highest BCUT2D eigenvalue weighted by molar-refractivity contribution is 7.15. The van der Waals surface area contributed by atoms with Crippen LogP contribution in [0.5, 0.6) is 0 Å². The van der Waals surface area contributed by atoms with Gasteiger partial charge in [0.2, 0.25) is 5.91 Å². The number of nitrogens with zero attached hydrogens (tertiary/aromatic N) is 2. The monoisotopic (exact) mass is 331 g/mol. The van der Waals surface area contributed by atoms with Crippen molar-refractivity contribution in [1.82, 2.24) is 14.7 Å². The molecule has 6 heteroatoms. The van der Waals surface area contributed by atoms with Crippen molar-refractivity contribution >= 4 is 39.9 Å². The Balaban J connectivity index is 1.57. The van der Waals surface area contributed by atoms with Gasteiger partial charge in [-0.1, -0.05) is 41.9 Å². The molecule has 0 atom stereocenters. The van der Waals surface area contributed by atoms with Gasteiger partial charge in [0.1, 0.15) is 0 Å². The van der Waals surface area contributed by atoms with Crippen molar-refractivity contribution in [3.8, 4) is 0 Å². The molecule has 0 bridgehead atoms. The van der Waals surface area contributed by atoms with Crippen LogP contribution in [0.3, 0.4) is 0 Å². The van der Waals surface area contributed by atoms with E-state index in [0.717, 1.165) is 17.1 Å². The van der Waals surface area contributed by atoms with E-state index in [-0.39, 0.29) is 5.91 Å². The van der Waals surface area contributed by atoms with Gasteiger partial charge in [-0.2, -0.15) is 0 Å². The fourth-order valence-electron chi connectivity index (χ4n) is 2.11. The third kappa shape index (κ3) is 3.37. The Labute approximate surface area is 137 Å². The molecule has 0 aliphatic heterocycles. The van der Waals surface area contributed by atoms with Gasteiger partial charge in [0.05, 0.1) is 5.69 Å². The van der Waals surface area contributed by atoms with Gasteiger partial charge in [-0.15, -0.1) is 11.3 Å². The summed E-state index contributed by atoms with van der Waals surface area (Å²) in [6.07, 6.45) is 5.86. The van der Waals surface area contributed by atoms with Crippen LogP contribution in [0.1, 0.15) is 11.3 Å². The largest absolute Gasteiger partial charge is 0.352 e. The van der Waals surface area contributed by atoms with E-state index < -0.39 is 0 Å². The molecule has 0 saturated carbocycles. The molecule has 112 valence electrons. The predicted octanol–water partition coefficient (Wildman–Crippen LogP) is 3.42. The highest BCUT2D eigenvalue weighted by Gasteiger charge is 2.08. The lowest BCUT2D eigenvalue weighted by Gasteiger charge is -2.02. The van der Waals surface area contributed by atoms with Crippen LogP contribution in [0.4, 0.5) is 0 Å². The number of hydrogen-bond donors (Lipinski definition) is 1. The second kappa shape index (κ2) is 6.77. The van der Waals surface area contributed by atoms with Crippen molar-refractivity contribution in [3.05, 3.63) is 64.4 Å². The van der Waals surface area contributed by atoms with E-state index in [4.69, 9.17) is 11.6 Å². The van der Waals surface area contributed by atoms with Gasteiger partial charge < -0.3 is 5.32 Å². The maximum Gasteiger partial charge on any atom is 0.244 e. The minimum absolute atomic E-state index is 0.142. The molecule has 0 unspecified atom stereocenters. The summed E-state index contributed by atoms with van der Waals surface area (Å²) in [6, 6.07) is 10.0. The number of fused-ring (bicyclic) bond motifs is 1. The van der Waals surface area contributed by atoms with Crippen molar-refractivity contribution in [2.75, 3.05) is 6.54 Å². The molecule has 2 heterocycles. The first-order chi connectivity index (χ1) is 10.7. The highest BCUT2D eigenvalue weighted by Crippen LogP contribution is 2.22. The first kappa shape index (κ1) is 14.8. The Morgan fingerprint density at radius 2 is 2.18 bits per heavy atom. The van der Waals surface area contributed by atoms with Crippen LogP contribution in [0.2, 0.25) is 5.15 Å². The molecule has 1 amide bonds. The molecule has 0 spiro atoms. The SMILES string of the molecule is O=C(C=Cc1c(Cl)nc2sccn12)NCCc1ccccc1. The molecule has 0 aliphatic rings. The second-order valence-electron chi connectivity index (χ2n) is 4.70. The standard InChI is InChI=1S/C16H14ClN3OS/c17-15-13(20-10-11-22-16(20)19-15)6-7-14(21)18-9-8-12-4-2-1-3-5-12/h1-7,10-11H,8-9H2,(H,18,21). The molecule has 4 nitrogen and oxygen atoms in total. The minimum atomic E-state index is -0.142. The lowest BCUT2D eigenvalue weighted by molar-refractivity contribution is -0.116. The number of nitrogens with one attached hydrogen (secondary N) is 1. The van der Waals surface area contributed by atoms with E-state index >= 15 is 0 Å². The summed E-state index contributed by atoms with van der Waals surface area (Å²) < 4.78 is 1.86. The third-order valence-corrected chi connectivity index (χ3v) is 4.24. The summed E-state index contributed by atoms with van der Waals surface area (Å²) in [5.41, 5.74) is 1.92. The first-order valence-corrected chi connectivity index (χ1v) is 8.10. The predicted molar refractivity (Wildman–Crippen MR) is 90.3 cm³/mol. The number of amides is 1. The molecule has 0 radical (unpaired) electrons. The van der Waals surface area contributed by atoms with Gasteiger partial charge >= 0.3 is 0 Å². The van der Waals surface area contributed by atoms with Crippen LogP contribution in [0, 0.1) is 0 Å². The summed E-state index contributed by atoms with van der Waals surface area (Å²) in [5.74, 6) is -0.142. The molecule has 1 aromatic carbocycles. The van der Waals surface area contributed by atoms with Crippen LogP contribution in [-0.4, -0.2) is 21.8 Å². The van der Waals surface area contributed by atoms with E-state index in [2.05, 4.69) is 10.3 Å². The quantitative estimate of drug-likeness (QED) is 0.728. The van der Waals surface area contributed by atoms with Crippen molar-refractivity contribution in [2.24, 2.45) is 0 Å². The zero-order chi connectivity index (χ0) is 15.4. The van der Waals surface area contributed by atoms with Crippen molar-refractivity contribution in [2.45, 2.75) is 6.42 Å². The van der Waals surface area contributed by atoms with Gasteiger partial charge in [0, 0.05) is 24.2 Å². The van der Waals surface area contributed by atoms with Crippen molar-refractivity contribution in [1.29, 1.82) is 0 Å². The smallest absolute Gasteiger partial charge is 0.244 e. The summed E-state index contributed by atoms with van der Waals surface area (Å²) in [6.45, 7) is 0.598. The first-order valence-electron chi connectivity index (χ1n) is 6.85. The summed E-state index contributed by atoms with van der Waals surface area (Å²) >= 11 is 7.57. The Bertz CT molecular complexity index is 807. The summed E-state index contributed by atoms with van der Waals surface area (Å²) in [4.78, 5) is 16.9. The molecule has 3 aromatic rings. The number of hydrogen-bond acceptors (Lipinski definition) is 3. The molecule has 1 N–H and O–H groups in total. The number of aromatic nitrogens is 2. The van der Waals surface area contributed by atoms with Gasteiger partial charge in [-0.25, -0.2) is 4.98 Å². The molecule has 0 aliphatic carbocycles. The number of carbonyl (C=O) groups is 1. The molecule has 22 heavy (non-hydrogen) atoms. The molecular weight excluding hydrogens is 318 g/mol. The number of benzene rings is 1. The molecule has 0 fully saturated rings. The van der Waals surface area contributed by atoms with Crippen LogP contribution in [0.15, 0.2) is 48.0 Å². The number of rotatable bonds is 5. The van der Waals surface area contributed by atoms with Gasteiger partial charge in [0.15, 0.2) is 10.1 Å². The number of imidazole rings is 1. The Hall–Kier alpha value is -2.11. The van der Waals surface area contributed by atoms with E-state index in [0.29, 0.717) is 11.7 Å². The van der Waals surface area contributed by atoms with E-state index in [1.807, 2.05) is 46.3 Å². The van der Waals surface area contributed by atoms with E-state index in [9.17, 15) is 4.79 Å². The van der Waals surface area contributed by atoms with Gasteiger partial charge in [0.25, 0.3) is 0 Å². The Kier molecular flexibility index (Phi) is 4.56. The molecule has 0 saturated heterocycles. The van der Waals surface area contributed by atoms with Crippen LogP contribution >= 0.6 is 22.9 Å². The zero-order valence-corrected chi connectivity index (χ0v) is 13.3. The fourth-order valence-corrected chi connectivity index (χ4v) is 3.12. The molecular formula is C16H14ClN3OS. The second-order valence-corrected chi connectivity index (χ2v) is 5.93. The van der Waals surface area contributed by atoms with E-state index in [1.165, 1.54) is 23.0 Å². The summed E-state index contributed by atoms with van der Waals surface area (Å²) in [5, 5.41) is 5.19. The molecule has 2 aromatic heterocycles. The van der Waals surface area contributed by atoms with Crippen molar-refractivity contribution < 1.29 is 4.79 Å². The Morgan fingerprint density at radius 1 is 1.36 bits per heavy atom. The molecule has 3 rings (SSSR count). The number of halogens is 1. The van der Waals surface area contributed by atoms with Crippen LogP contribution in [-0.2, 0) is 11.2 Å². The third-order valence-electron chi connectivity index (χ3n) is 3.20. The Morgan fingerprint density at radius 3 is 3.00 bits per heavy atom. The van der Waals surface area contributed by atoms with Gasteiger partial charge in [-0.05, 0) is 18.1 Å². The number of carbonyl (C=O) groups excluding carboxylic acids is 1. The lowest BCUT2D eigenvalue weighted by atomic mass is 10.1. The minimum Gasteiger partial charge on any atom is -0.352 e. The summed E-state index contributed by atoms with van der Waals surface area (Å²) in [7, 11) is 0. The van der Waals surface area contributed by atoms with E-state index in [1.54, 1.807) is 6.08 Å². The maximum atomic E-state index is 11.8. The number of thiazole rings is 1. The maximum absolute atomic E-state index is 11.8. The average molecular weight is 332 g/mol. The normalized spacial score (nSPS) is 11.3. The van der Waals surface area contributed by atoms with Crippen molar-refractivity contribution in [3.63, 3.8) is 0 Å². The van der Waals surface area contributed by atoms with Crippen LogP contribution in [0.25, 0.3) is 11.0 Å². The average Bonchev–Trinajstić information content (AvgIpc) is 3.07. The fraction of sp³-hybridized carbons (Fsp3) is 0.125. The zero-order valence-electron chi connectivity index (χ0n) is 11.7. The topological polar surface area (TPSA) is 46.4 Å². The van der Waals surface area contributed by atoms with Gasteiger partial charge in [-0.3, -0.25) is 9.20 Å². The highest BCUT2D eigenvalue weighted by atomic mass is 35.5. The van der Waals surface area contributed by atoms with Crippen LogP contribution < -0.4 is 5.32 Å². The lowest BCUT2D eigenvalue weighted by Crippen LogP contribution is -2.23.